The van der Waals surface area contributed by atoms with Crippen molar-refractivity contribution in [3.8, 4) is 0 Å². The Bertz CT molecular complexity index is 492. The van der Waals surface area contributed by atoms with E-state index in [1.165, 1.54) is 31.3 Å². The Balaban J connectivity index is 1.86. The van der Waals surface area contributed by atoms with Gasteiger partial charge in [0.2, 0.25) is 0 Å². The van der Waals surface area contributed by atoms with E-state index in [9.17, 15) is 0 Å². The minimum absolute atomic E-state index is 0.918. The first kappa shape index (κ1) is 9.58. The lowest BCUT2D eigenvalue weighted by Gasteiger charge is -2.10. The summed E-state index contributed by atoms with van der Waals surface area (Å²) in [7, 11) is 0. The van der Waals surface area contributed by atoms with Crippen molar-refractivity contribution in [1.29, 1.82) is 0 Å². The molecular weight excluding hydrogens is 198 g/mol. The maximum absolute atomic E-state index is 4.52. The van der Waals surface area contributed by atoms with Gasteiger partial charge in [-0.3, -0.25) is 0 Å². The van der Waals surface area contributed by atoms with Crippen molar-refractivity contribution in [3.05, 3.63) is 41.9 Å². The molecule has 0 radical (unpaired) electrons. The number of nitrogens with zero attached hydrogens (tertiary/aromatic N) is 3. The summed E-state index contributed by atoms with van der Waals surface area (Å²) < 4.78 is 1.85. The molecule has 0 aromatic carbocycles. The van der Waals surface area contributed by atoms with Crippen LogP contribution in [0.5, 0.6) is 0 Å². The molecule has 0 saturated heterocycles. The van der Waals surface area contributed by atoms with Gasteiger partial charge in [0, 0.05) is 12.6 Å². The molecular formula is C13H15N3. The molecule has 3 heteroatoms. The molecule has 82 valence electrons. The molecule has 0 aliphatic heterocycles. The fourth-order valence-electron chi connectivity index (χ4n) is 2.22. The zero-order valence-electron chi connectivity index (χ0n) is 9.26. The summed E-state index contributed by atoms with van der Waals surface area (Å²) in [6, 6.07) is 5.96. The number of rotatable bonds is 2. The quantitative estimate of drug-likeness (QED) is 0.718. The van der Waals surface area contributed by atoms with Crippen LogP contribution < -0.4 is 0 Å². The maximum Gasteiger partial charge on any atom is 0.155 e. The molecule has 0 saturated carbocycles. The highest BCUT2D eigenvalue weighted by Gasteiger charge is 2.08. The second-order valence-electron chi connectivity index (χ2n) is 4.32. The van der Waals surface area contributed by atoms with Crippen LogP contribution >= 0.6 is 0 Å². The monoisotopic (exact) mass is 213 g/mol. The van der Waals surface area contributed by atoms with E-state index in [0.29, 0.717) is 0 Å². The van der Waals surface area contributed by atoms with E-state index in [0.717, 1.165) is 17.9 Å². The number of allylic oxidation sites excluding steroid dienone is 2. The summed E-state index contributed by atoms with van der Waals surface area (Å²) >= 11 is 0. The lowest BCUT2D eigenvalue weighted by Crippen LogP contribution is -1.98. The zero-order chi connectivity index (χ0) is 10.8. The van der Waals surface area contributed by atoms with Crippen LogP contribution in [-0.4, -0.2) is 14.6 Å². The summed E-state index contributed by atoms with van der Waals surface area (Å²) in [5.74, 6) is 0.944. The normalized spacial score (nSPS) is 16.4. The first-order valence-corrected chi connectivity index (χ1v) is 5.90. The Morgan fingerprint density at radius 1 is 1.25 bits per heavy atom. The van der Waals surface area contributed by atoms with Crippen LogP contribution in [0.1, 0.15) is 31.5 Å². The molecule has 1 aliphatic carbocycles. The Morgan fingerprint density at radius 2 is 2.25 bits per heavy atom. The number of fused-ring (bicyclic) bond motifs is 1. The molecule has 0 unspecified atom stereocenters. The summed E-state index contributed by atoms with van der Waals surface area (Å²) in [5, 5.41) is 4.47. The summed E-state index contributed by atoms with van der Waals surface area (Å²) in [4.78, 5) is 4.52. The molecule has 0 bridgehead atoms. The van der Waals surface area contributed by atoms with Crippen molar-refractivity contribution in [2.45, 2.75) is 32.1 Å². The topological polar surface area (TPSA) is 30.2 Å². The minimum Gasteiger partial charge on any atom is -0.221 e. The standard InChI is InChI=1S/C13H15N3/c1-2-6-11(7-3-1)10-12-14-13-8-4-5-9-16(13)15-12/h4-6,8-9H,1-3,7,10H2. The molecule has 0 amide bonds. The smallest absolute Gasteiger partial charge is 0.155 e. The molecule has 0 N–H and O–H groups in total. The second kappa shape index (κ2) is 4.08. The van der Waals surface area contributed by atoms with Gasteiger partial charge in [0.15, 0.2) is 11.5 Å². The first-order valence-electron chi connectivity index (χ1n) is 5.90. The summed E-state index contributed by atoms with van der Waals surface area (Å²) in [6.45, 7) is 0. The Kier molecular flexibility index (Phi) is 2.44. The van der Waals surface area contributed by atoms with Crippen LogP contribution in [-0.2, 0) is 6.42 Å². The highest BCUT2D eigenvalue weighted by molar-refractivity contribution is 5.36. The largest absolute Gasteiger partial charge is 0.221 e. The van der Waals surface area contributed by atoms with Crippen molar-refractivity contribution in [1.82, 2.24) is 14.6 Å². The van der Waals surface area contributed by atoms with Crippen LogP contribution in [0.4, 0.5) is 0 Å². The predicted molar refractivity (Wildman–Crippen MR) is 63.2 cm³/mol. The molecule has 3 nitrogen and oxygen atoms in total. The fraction of sp³-hybridized carbons (Fsp3) is 0.385. The van der Waals surface area contributed by atoms with Gasteiger partial charge in [-0.1, -0.05) is 17.7 Å². The average Bonchev–Trinajstić information content (AvgIpc) is 2.72. The SMILES string of the molecule is C1=C(Cc2nc3ccccn3n2)CCCC1. The van der Waals surface area contributed by atoms with E-state index in [2.05, 4.69) is 16.2 Å². The van der Waals surface area contributed by atoms with E-state index >= 15 is 0 Å². The van der Waals surface area contributed by atoms with Crippen molar-refractivity contribution < 1.29 is 0 Å². The van der Waals surface area contributed by atoms with Crippen LogP contribution in [0.15, 0.2) is 36.0 Å². The molecule has 2 aromatic rings. The third kappa shape index (κ3) is 1.85. The van der Waals surface area contributed by atoms with E-state index in [1.807, 2.05) is 28.9 Å². The molecule has 0 spiro atoms. The van der Waals surface area contributed by atoms with E-state index in [-0.39, 0.29) is 0 Å². The first-order chi connectivity index (χ1) is 7.92. The van der Waals surface area contributed by atoms with E-state index in [4.69, 9.17) is 0 Å². The third-order valence-corrected chi connectivity index (χ3v) is 3.06. The van der Waals surface area contributed by atoms with Crippen LogP contribution in [0.2, 0.25) is 0 Å². The molecule has 3 rings (SSSR count). The highest BCUT2D eigenvalue weighted by atomic mass is 15.3. The Morgan fingerprint density at radius 3 is 3.06 bits per heavy atom. The summed E-state index contributed by atoms with van der Waals surface area (Å²) in [6.07, 6.45) is 10.3. The van der Waals surface area contributed by atoms with Gasteiger partial charge in [-0.25, -0.2) is 9.50 Å². The van der Waals surface area contributed by atoms with Gasteiger partial charge in [0.05, 0.1) is 0 Å². The lowest BCUT2D eigenvalue weighted by atomic mass is 9.97. The fourth-order valence-corrected chi connectivity index (χ4v) is 2.22. The molecule has 1 aliphatic rings. The van der Waals surface area contributed by atoms with Crippen LogP contribution in [0, 0.1) is 0 Å². The van der Waals surface area contributed by atoms with Gasteiger partial charge in [-0.2, -0.15) is 5.10 Å². The molecule has 16 heavy (non-hydrogen) atoms. The Hall–Kier alpha value is -1.64. The predicted octanol–water partition coefficient (Wildman–Crippen LogP) is 2.77. The molecule has 0 fully saturated rings. The Labute approximate surface area is 94.8 Å². The van der Waals surface area contributed by atoms with E-state index in [1.54, 1.807) is 0 Å². The lowest BCUT2D eigenvalue weighted by molar-refractivity contribution is 0.682. The van der Waals surface area contributed by atoms with E-state index < -0.39 is 0 Å². The van der Waals surface area contributed by atoms with Crippen LogP contribution in [0.25, 0.3) is 5.65 Å². The van der Waals surface area contributed by atoms with Gasteiger partial charge >= 0.3 is 0 Å². The van der Waals surface area contributed by atoms with Crippen molar-refractivity contribution in [2.24, 2.45) is 0 Å². The van der Waals surface area contributed by atoms with Gasteiger partial charge in [-0.15, -0.1) is 0 Å². The number of hydrogen-bond donors (Lipinski definition) is 0. The van der Waals surface area contributed by atoms with Crippen molar-refractivity contribution >= 4 is 5.65 Å². The maximum atomic E-state index is 4.52. The van der Waals surface area contributed by atoms with Gasteiger partial charge in [0.1, 0.15) is 0 Å². The minimum atomic E-state index is 0.918. The van der Waals surface area contributed by atoms with Gasteiger partial charge < -0.3 is 0 Å². The molecule has 2 heterocycles. The van der Waals surface area contributed by atoms with Gasteiger partial charge in [-0.05, 0) is 37.8 Å². The average molecular weight is 213 g/mol. The molecule has 0 atom stereocenters. The van der Waals surface area contributed by atoms with Crippen LogP contribution in [0.3, 0.4) is 0 Å². The van der Waals surface area contributed by atoms with Crippen molar-refractivity contribution in [2.75, 3.05) is 0 Å². The number of pyridine rings is 1. The molecule has 2 aromatic heterocycles. The second-order valence-corrected chi connectivity index (χ2v) is 4.32. The highest BCUT2D eigenvalue weighted by Crippen LogP contribution is 2.20. The number of hydrogen-bond acceptors (Lipinski definition) is 2. The number of aromatic nitrogens is 3. The zero-order valence-corrected chi connectivity index (χ0v) is 9.26. The van der Waals surface area contributed by atoms with Crippen molar-refractivity contribution in [3.63, 3.8) is 0 Å². The summed E-state index contributed by atoms with van der Waals surface area (Å²) in [5.41, 5.74) is 2.44. The third-order valence-electron chi connectivity index (χ3n) is 3.06. The van der Waals surface area contributed by atoms with Gasteiger partial charge in [0.25, 0.3) is 0 Å².